The summed E-state index contributed by atoms with van der Waals surface area (Å²) in [4.78, 5) is 15.1. The number of aromatic nitrogens is 6. The van der Waals surface area contributed by atoms with E-state index in [0.717, 1.165) is 71.7 Å². The van der Waals surface area contributed by atoms with Crippen molar-refractivity contribution in [2.75, 3.05) is 0 Å². The van der Waals surface area contributed by atoms with Gasteiger partial charge in [0.25, 0.3) is 0 Å². The molecule has 1 aliphatic heterocycles. The molecule has 0 aromatic carbocycles. The molecule has 1 saturated carbocycles. The Morgan fingerprint density at radius 1 is 1.03 bits per heavy atom. The van der Waals surface area contributed by atoms with Gasteiger partial charge in [-0.2, -0.15) is 20.4 Å². The Morgan fingerprint density at radius 3 is 2.74 bits per heavy atom. The van der Waals surface area contributed by atoms with Crippen LogP contribution in [0.15, 0.2) is 24.5 Å². The smallest absolute Gasteiger partial charge is 0.223 e. The van der Waals surface area contributed by atoms with Gasteiger partial charge in [-0.05, 0) is 37.8 Å². The van der Waals surface area contributed by atoms with E-state index < -0.39 is 0 Å². The lowest BCUT2D eigenvalue weighted by Gasteiger charge is -2.22. The monoisotopic (exact) mass is 415 g/mol. The minimum absolute atomic E-state index is 0.196. The molecule has 0 atom stereocenters. The molecular weight excluding hydrogens is 390 g/mol. The van der Waals surface area contributed by atoms with Crippen LogP contribution >= 0.6 is 0 Å². The average molecular weight is 416 g/mol. The van der Waals surface area contributed by atoms with Gasteiger partial charge in [0.05, 0.1) is 29.3 Å². The summed E-state index contributed by atoms with van der Waals surface area (Å²) in [6, 6.07) is 2.46. The summed E-state index contributed by atoms with van der Waals surface area (Å²) in [7, 11) is 1.92. The normalized spacial score (nSPS) is 18.5. The topological polar surface area (TPSA) is 81.7 Å². The van der Waals surface area contributed by atoms with Gasteiger partial charge in [0.1, 0.15) is 0 Å². The lowest BCUT2D eigenvalue weighted by molar-refractivity contribution is -0.132. The molecular formula is C23H25N7O. The van der Waals surface area contributed by atoms with Crippen molar-refractivity contribution in [3.8, 4) is 11.3 Å². The third kappa shape index (κ3) is 3.17. The van der Waals surface area contributed by atoms with Gasteiger partial charge in [0, 0.05) is 61.6 Å². The van der Waals surface area contributed by atoms with Gasteiger partial charge in [0.15, 0.2) is 0 Å². The number of nitrogens with zero attached hydrogens (tertiary/aromatic N) is 7. The molecule has 3 aromatic rings. The highest BCUT2D eigenvalue weighted by atomic mass is 16.2. The standard InChI is InChI=1S/C23H25N7O/c1-14-18-12-29(26-14)9-3-4-23(31)30(15-5-6-15)13-22-19(11-28(2)27-22)21-10-17-16(18)7-8-20(17)24-25-21/h7,10-12,15H,3-6,8-9,13H2,1-2H3. The fourth-order valence-corrected chi connectivity index (χ4v) is 4.76. The molecule has 1 amide bonds. The second kappa shape index (κ2) is 6.87. The van der Waals surface area contributed by atoms with Crippen molar-refractivity contribution in [3.05, 3.63) is 52.7 Å². The number of hydrogen-bond acceptors (Lipinski definition) is 5. The zero-order chi connectivity index (χ0) is 21.1. The first kappa shape index (κ1) is 18.5. The van der Waals surface area contributed by atoms with Crippen molar-refractivity contribution in [1.29, 1.82) is 0 Å². The van der Waals surface area contributed by atoms with Gasteiger partial charge in [-0.25, -0.2) is 0 Å². The molecule has 4 heterocycles. The maximum absolute atomic E-state index is 13.1. The fourth-order valence-electron chi connectivity index (χ4n) is 4.76. The van der Waals surface area contributed by atoms with Crippen molar-refractivity contribution in [3.63, 3.8) is 0 Å². The molecule has 1 fully saturated rings. The third-order valence-corrected chi connectivity index (χ3v) is 6.48. The van der Waals surface area contributed by atoms with Crippen molar-refractivity contribution >= 4 is 11.5 Å². The largest absolute Gasteiger partial charge is 0.334 e. The highest BCUT2D eigenvalue weighted by Gasteiger charge is 2.34. The van der Waals surface area contributed by atoms with E-state index in [-0.39, 0.29) is 5.91 Å². The summed E-state index contributed by atoms with van der Waals surface area (Å²) in [6.45, 7) is 3.30. The molecule has 4 bridgehead atoms. The summed E-state index contributed by atoms with van der Waals surface area (Å²) in [6.07, 6.45) is 10.5. The molecule has 6 rings (SSSR count). The number of hydrogen-bond donors (Lipinski definition) is 0. The number of allylic oxidation sites excluding steroid dienone is 1. The van der Waals surface area contributed by atoms with Crippen LogP contribution in [-0.2, 0) is 31.4 Å². The van der Waals surface area contributed by atoms with Crippen LogP contribution in [0.5, 0.6) is 0 Å². The molecule has 0 saturated heterocycles. The van der Waals surface area contributed by atoms with Crippen LogP contribution in [0.25, 0.3) is 16.8 Å². The zero-order valence-electron chi connectivity index (χ0n) is 17.9. The molecule has 3 aliphatic rings. The van der Waals surface area contributed by atoms with Gasteiger partial charge >= 0.3 is 0 Å². The zero-order valence-corrected chi connectivity index (χ0v) is 17.9. The molecule has 0 spiro atoms. The van der Waals surface area contributed by atoms with Crippen molar-refractivity contribution in [2.24, 2.45) is 7.05 Å². The Labute approximate surface area is 180 Å². The summed E-state index contributed by atoms with van der Waals surface area (Å²) < 4.78 is 3.78. The minimum Gasteiger partial charge on any atom is -0.334 e. The molecule has 0 radical (unpaired) electrons. The summed E-state index contributed by atoms with van der Waals surface area (Å²) in [5.41, 5.74) is 8.05. The van der Waals surface area contributed by atoms with Crippen molar-refractivity contribution in [2.45, 2.75) is 58.2 Å². The van der Waals surface area contributed by atoms with Crippen LogP contribution in [-0.4, -0.2) is 46.6 Å². The Morgan fingerprint density at radius 2 is 1.90 bits per heavy atom. The number of carbonyl (C=O) groups excluding carboxylic acids is 1. The Bertz CT molecular complexity index is 1230. The third-order valence-electron chi connectivity index (χ3n) is 6.48. The number of fused-ring (bicyclic) bond motifs is 6. The van der Waals surface area contributed by atoms with Gasteiger partial charge in [-0.3, -0.25) is 14.2 Å². The van der Waals surface area contributed by atoms with Crippen LogP contribution in [0.1, 0.15) is 53.9 Å². The van der Waals surface area contributed by atoms with Crippen LogP contribution in [0.2, 0.25) is 0 Å². The van der Waals surface area contributed by atoms with E-state index in [1.54, 1.807) is 0 Å². The SMILES string of the molecule is Cc1nn2cc1C1=CCc3nnc(cc31)-c1cn(C)nc1CN(C1CC1)C(=O)CCC2. The number of aryl methyl sites for hydroxylation is 3. The number of rotatable bonds is 1. The molecule has 8 heteroatoms. The van der Waals surface area contributed by atoms with Crippen molar-refractivity contribution in [1.82, 2.24) is 34.7 Å². The highest BCUT2D eigenvalue weighted by molar-refractivity contribution is 5.86. The van der Waals surface area contributed by atoms with E-state index in [4.69, 9.17) is 10.2 Å². The molecule has 158 valence electrons. The summed E-state index contributed by atoms with van der Waals surface area (Å²) in [5, 5.41) is 18.5. The fraction of sp³-hybridized carbons (Fsp3) is 0.435. The van der Waals surface area contributed by atoms with Crippen molar-refractivity contribution < 1.29 is 4.79 Å². The van der Waals surface area contributed by atoms with Crippen LogP contribution in [0, 0.1) is 6.92 Å². The van der Waals surface area contributed by atoms with Gasteiger partial charge in [-0.1, -0.05) is 6.08 Å². The molecule has 3 aromatic heterocycles. The molecule has 31 heavy (non-hydrogen) atoms. The molecule has 2 aliphatic carbocycles. The van der Waals surface area contributed by atoms with E-state index in [0.29, 0.717) is 19.0 Å². The predicted octanol–water partition coefficient (Wildman–Crippen LogP) is 2.65. The second-order valence-electron chi connectivity index (χ2n) is 8.82. The van der Waals surface area contributed by atoms with E-state index >= 15 is 0 Å². The van der Waals surface area contributed by atoms with Gasteiger partial charge in [0.2, 0.25) is 5.91 Å². The van der Waals surface area contributed by atoms with E-state index in [1.807, 2.05) is 34.4 Å². The lowest BCUT2D eigenvalue weighted by atomic mass is 10.0. The summed E-state index contributed by atoms with van der Waals surface area (Å²) >= 11 is 0. The second-order valence-corrected chi connectivity index (χ2v) is 8.82. The molecule has 8 nitrogen and oxygen atoms in total. The molecule has 0 N–H and O–H groups in total. The maximum atomic E-state index is 13.1. The van der Waals surface area contributed by atoms with Crippen LogP contribution in [0.4, 0.5) is 0 Å². The maximum Gasteiger partial charge on any atom is 0.223 e. The quantitative estimate of drug-likeness (QED) is 0.610. The minimum atomic E-state index is 0.196. The highest BCUT2D eigenvalue weighted by Crippen LogP contribution is 2.36. The number of amides is 1. The van der Waals surface area contributed by atoms with Gasteiger partial charge < -0.3 is 4.90 Å². The van der Waals surface area contributed by atoms with Crippen LogP contribution in [0.3, 0.4) is 0 Å². The Kier molecular flexibility index (Phi) is 4.09. The molecule has 0 unspecified atom stereocenters. The van der Waals surface area contributed by atoms with E-state index in [1.165, 1.54) is 5.57 Å². The van der Waals surface area contributed by atoms with E-state index in [2.05, 4.69) is 28.5 Å². The van der Waals surface area contributed by atoms with Crippen LogP contribution < -0.4 is 0 Å². The Balaban J connectivity index is 1.50. The number of carbonyl (C=O) groups is 1. The first-order chi connectivity index (χ1) is 15.1. The van der Waals surface area contributed by atoms with Gasteiger partial charge in [-0.15, -0.1) is 0 Å². The summed E-state index contributed by atoms with van der Waals surface area (Å²) in [5.74, 6) is 0.196. The van der Waals surface area contributed by atoms with E-state index in [9.17, 15) is 4.79 Å². The first-order valence-electron chi connectivity index (χ1n) is 11.0. The first-order valence-corrected chi connectivity index (χ1v) is 11.0. The average Bonchev–Trinajstić information content (AvgIpc) is 3.24. The Hall–Kier alpha value is -3.29. The lowest BCUT2D eigenvalue weighted by Crippen LogP contribution is -2.33. The predicted molar refractivity (Wildman–Crippen MR) is 115 cm³/mol.